The third-order valence-electron chi connectivity index (χ3n) is 3.44. The summed E-state index contributed by atoms with van der Waals surface area (Å²) in [6, 6.07) is 15.6. The first-order valence-corrected chi connectivity index (χ1v) is 7.80. The number of aromatic hydroxyl groups is 1. The van der Waals surface area contributed by atoms with Gasteiger partial charge < -0.3 is 5.11 Å². The molecule has 0 aliphatic carbocycles. The first kappa shape index (κ1) is 16.3. The van der Waals surface area contributed by atoms with Gasteiger partial charge in [0, 0.05) is 10.6 Å². The fourth-order valence-electron chi connectivity index (χ4n) is 2.24. The number of amides is 1. The smallest absolute Gasteiger partial charge is 0.275 e. The Bertz CT molecular complexity index is 955. The lowest BCUT2D eigenvalue weighted by atomic mass is 10.1. The van der Waals surface area contributed by atoms with Crippen LogP contribution in [0.25, 0.3) is 10.8 Å². The van der Waals surface area contributed by atoms with Crippen molar-refractivity contribution in [3.8, 4) is 5.75 Å². The Kier molecular flexibility index (Phi) is 4.69. The zero-order valence-corrected chi connectivity index (χ0v) is 13.8. The highest BCUT2D eigenvalue weighted by Crippen LogP contribution is 2.25. The molecule has 0 atom stereocenters. The molecule has 0 bridgehead atoms. The van der Waals surface area contributed by atoms with Crippen LogP contribution in [-0.4, -0.2) is 17.2 Å². The summed E-state index contributed by atoms with van der Waals surface area (Å²) in [6.45, 7) is 0. The number of nitrogens with zero attached hydrogens (tertiary/aromatic N) is 1. The lowest BCUT2D eigenvalue weighted by Gasteiger charge is -2.06. The molecule has 120 valence electrons. The highest BCUT2D eigenvalue weighted by Gasteiger charge is 2.11. The SMILES string of the molecule is O=C(N/N=C\c1ccc(Cl)cc1Cl)c1cc2ccccc2cc1O. The normalized spacial score (nSPS) is 11.1. The van der Waals surface area contributed by atoms with E-state index in [0.29, 0.717) is 15.6 Å². The van der Waals surface area contributed by atoms with E-state index in [2.05, 4.69) is 10.5 Å². The molecule has 0 aliphatic rings. The number of hydrazone groups is 1. The minimum Gasteiger partial charge on any atom is -0.507 e. The molecule has 0 heterocycles. The van der Waals surface area contributed by atoms with Gasteiger partial charge in [0.15, 0.2) is 0 Å². The maximum Gasteiger partial charge on any atom is 0.275 e. The molecule has 0 aliphatic heterocycles. The predicted octanol–water partition coefficient (Wildman–Crippen LogP) is 4.62. The van der Waals surface area contributed by atoms with Crippen LogP contribution < -0.4 is 5.43 Å². The number of rotatable bonds is 3. The molecule has 0 radical (unpaired) electrons. The maximum atomic E-state index is 12.2. The van der Waals surface area contributed by atoms with Gasteiger partial charge in [-0.3, -0.25) is 4.79 Å². The van der Waals surface area contributed by atoms with E-state index in [9.17, 15) is 9.90 Å². The van der Waals surface area contributed by atoms with Crippen LogP contribution in [0, 0.1) is 0 Å². The number of carbonyl (C=O) groups is 1. The largest absolute Gasteiger partial charge is 0.507 e. The van der Waals surface area contributed by atoms with Gasteiger partial charge in [0.1, 0.15) is 5.75 Å². The lowest BCUT2D eigenvalue weighted by molar-refractivity contribution is 0.0952. The van der Waals surface area contributed by atoms with Crippen LogP contribution in [0.1, 0.15) is 15.9 Å². The van der Waals surface area contributed by atoms with Gasteiger partial charge in [0.25, 0.3) is 5.91 Å². The van der Waals surface area contributed by atoms with Crippen LogP contribution in [0.2, 0.25) is 10.0 Å². The van der Waals surface area contributed by atoms with Crippen molar-refractivity contribution in [2.45, 2.75) is 0 Å². The van der Waals surface area contributed by atoms with E-state index in [1.54, 1.807) is 30.3 Å². The molecule has 0 spiro atoms. The van der Waals surface area contributed by atoms with Gasteiger partial charge >= 0.3 is 0 Å². The predicted molar refractivity (Wildman–Crippen MR) is 97.1 cm³/mol. The average molecular weight is 359 g/mol. The van der Waals surface area contributed by atoms with Gasteiger partial charge in [-0.1, -0.05) is 53.5 Å². The molecule has 0 saturated heterocycles. The molecule has 4 nitrogen and oxygen atoms in total. The van der Waals surface area contributed by atoms with Crippen molar-refractivity contribution in [1.29, 1.82) is 0 Å². The van der Waals surface area contributed by atoms with E-state index < -0.39 is 5.91 Å². The van der Waals surface area contributed by atoms with E-state index in [1.165, 1.54) is 6.21 Å². The summed E-state index contributed by atoms with van der Waals surface area (Å²) in [5.74, 6) is -0.620. The monoisotopic (exact) mass is 358 g/mol. The number of hydrogen-bond acceptors (Lipinski definition) is 3. The van der Waals surface area contributed by atoms with Crippen LogP contribution in [0.4, 0.5) is 0 Å². The molecule has 0 fully saturated rings. The Morgan fingerprint density at radius 2 is 1.75 bits per heavy atom. The van der Waals surface area contributed by atoms with Gasteiger partial charge in [0.2, 0.25) is 0 Å². The maximum absolute atomic E-state index is 12.2. The average Bonchev–Trinajstić information content (AvgIpc) is 2.56. The number of phenols is 1. The van der Waals surface area contributed by atoms with Crippen molar-refractivity contribution in [2.24, 2.45) is 5.10 Å². The highest BCUT2D eigenvalue weighted by atomic mass is 35.5. The quantitative estimate of drug-likeness (QED) is 0.530. The van der Waals surface area contributed by atoms with Gasteiger partial charge in [-0.2, -0.15) is 5.10 Å². The first-order chi connectivity index (χ1) is 11.5. The van der Waals surface area contributed by atoms with E-state index in [4.69, 9.17) is 23.2 Å². The Morgan fingerprint density at radius 3 is 2.46 bits per heavy atom. The third kappa shape index (κ3) is 3.50. The van der Waals surface area contributed by atoms with Crippen molar-refractivity contribution >= 4 is 46.1 Å². The molecule has 0 saturated carbocycles. The Labute approximate surface area is 148 Å². The van der Waals surface area contributed by atoms with Gasteiger partial charge in [-0.25, -0.2) is 5.43 Å². The summed E-state index contributed by atoms with van der Waals surface area (Å²) in [6.07, 6.45) is 1.41. The third-order valence-corrected chi connectivity index (χ3v) is 4.00. The van der Waals surface area contributed by atoms with Crippen molar-refractivity contribution in [2.75, 3.05) is 0 Å². The second kappa shape index (κ2) is 6.91. The molecule has 3 aromatic carbocycles. The molecule has 24 heavy (non-hydrogen) atoms. The van der Waals surface area contributed by atoms with Crippen molar-refractivity contribution in [1.82, 2.24) is 5.43 Å². The van der Waals surface area contributed by atoms with Gasteiger partial charge in [-0.15, -0.1) is 0 Å². The van der Waals surface area contributed by atoms with Crippen LogP contribution >= 0.6 is 23.2 Å². The second-order valence-electron chi connectivity index (χ2n) is 5.08. The molecule has 3 rings (SSSR count). The number of halogens is 2. The molecule has 1 amide bonds. The fourth-order valence-corrected chi connectivity index (χ4v) is 2.69. The van der Waals surface area contributed by atoms with E-state index in [0.717, 1.165) is 10.8 Å². The number of hydrogen-bond donors (Lipinski definition) is 2. The zero-order chi connectivity index (χ0) is 17.1. The topological polar surface area (TPSA) is 61.7 Å². The molecule has 3 aromatic rings. The van der Waals surface area contributed by atoms with E-state index >= 15 is 0 Å². The van der Waals surface area contributed by atoms with Crippen molar-refractivity contribution < 1.29 is 9.90 Å². The Morgan fingerprint density at radius 1 is 1.04 bits per heavy atom. The van der Waals surface area contributed by atoms with E-state index in [1.807, 2.05) is 24.3 Å². The first-order valence-electron chi connectivity index (χ1n) is 7.05. The molecule has 0 aromatic heterocycles. The summed E-state index contributed by atoms with van der Waals surface area (Å²) in [5.41, 5.74) is 3.13. The van der Waals surface area contributed by atoms with Crippen LogP contribution in [0.15, 0.2) is 59.7 Å². The summed E-state index contributed by atoms with van der Waals surface area (Å²) >= 11 is 11.8. The standard InChI is InChI=1S/C18H12Cl2N2O2/c19-14-6-5-13(16(20)9-14)10-21-22-18(24)15-7-11-3-1-2-4-12(11)8-17(15)23/h1-10,23H,(H,22,24)/b21-10-. The second-order valence-corrected chi connectivity index (χ2v) is 5.93. The number of carbonyl (C=O) groups excluding carboxylic acids is 1. The van der Waals surface area contributed by atoms with Crippen LogP contribution in [0.3, 0.4) is 0 Å². The van der Waals surface area contributed by atoms with Crippen molar-refractivity contribution in [3.63, 3.8) is 0 Å². The van der Waals surface area contributed by atoms with Crippen molar-refractivity contribution in [3.05, 3.63) is 75.8 Å². The molecule has 6 heteroatoms. The summed E-state index contributed by atoms with van der Waals surface area (Å²) in [4.78, 5) is 12.2. The minimum atomic E-state index is -0.514. The molecular weight excluding hydrogens is 347 g/mol. The van der Waals surface area contributed by atoms with Gasteiger partial charge in [0.05, 0.1) is 16.8 Å². The number of benzene rings is 3. The van der Waals surface area contributed by atoms with Crippen LogP contribution in [0.5, 0.6) is 5.75 Å². The summed E-state index contributed by atoms with van der Waals surface area (Å²) < 4.78 is 0. The summed E-state index contributed by atoms with van der Waals surface area (Å²) in [7, 11) is 0. The lowest BCUT2D eigenvalue weighted by Crippen LogP contribution is -2.17. The number of phenolic OH excluding ortho intramolecular Hbond substituents is 1. The zero-order valence-electron chi connectivity index (χ0n) is 12.3. The molecule has 2 N–H and O–H groups in total. The number of nitrogens with one attached hydrogen (secondary N) is 1. The van der Waals surface area contributed by atoms with Crippen LogP contribution in [-0.2, 0) is 0 Å². The fraction of sp³-hybridized carbons (Fsp3) is 0. The highest BCUT2D eigenvalue weighted by molar-refractivity contribution is 6.36. The molecular formula is C18H12Cl2N2O2. The summed E-state index contributed by atoms with van der Waals surface area (Å²) in [5, 5.41) is 16.5. The number of fused-ring (bicyclic) bond motifs is 1. The van der Waals surface area contributed by atoms with E-state index in [-0.39, 0.29) is 11.3 Å². The molecule has 0 unspecified atom stereocenters. The minimum absolute atomic E-state index is 0.106. The van der Waals surface area contributed by atoms with Gasteiger partial charge in [-0.05, 0) is 35.0 Å². The Hall–Kier alpha value is -2.56. The Balaban J connectivity index is 1.80.